The number of aryl methyl sites for hydroxylation is 1. The van der Waals surface area contributed by atoms with Crippen LogP contribution in [0.4, 0.5) is 0 Å². The molecule has 4 nitrogen and oxygen atoms in total. The molecule has 0 fully saturated rings. The summed E-state index contributed by atoms with van der Waals surface area (Å²) in [6.07, 6.45) is 4.18. The SMILES string of the molecule is Cc1cncc(CN2Cc3ccccc3C[C@H]2C(=O)O)c1. The van der Waals surface area contributed by atoms with Crippen molar-refractivity contribution in [3.63, 3.8) is 0 Å². The van der Waals surface area contributed by atoms with Crippen LogP contribution in [0.5, 0.6) is 0 Å². The molecule has 3 rings (SSSR count). The van der Waals surface area contributed by atoms with Gasteiger partial charge in [0.15, 0.2) is 0 Å². The van der Waals surface area contributed by atoms with Crippen molar-refractivity contribution in [1.82, 2.24) is 9.88 Å². The molecular formula is C17H18N2O2. The van der Waals surface area contributed by atoms with Gasteiger partial charge in [-0.1, -0.05) is 30.3 Å². The third-order valence-electron chi connectivity index (χ3n) is 3.95. The Morgan fingerprint density at radius 2 is 2.10 bits per heavy atom. The molecule has 108 valence electrons. The lowest BCUT2D eigenvalue weighted by Crippen LogP contribution is -2.45. The number of aliphatic carboxylic acids is 1. The van der Waals surface area contributed by atoms with Crippen LogP contribution in [0, 0.1) is 6.92 Å². The van der Waals surface area contributed by atoms with Crippen LogP contribution in [0.15, 0.2) is 42.7 Å². The highest BCUT2D eigenvalue weighted by molar-refractivity contribution is 5.74. The van der Waals surface area contributed by atoms with E-state index < -0.39 is 12.0 Å². The average Bonchev–Trinajstić information content (AvgIpc) is 2.46. The van der Waals surface area contributed by atoms with Gasteiger partial charge in [-0.05, 0) is 35.6 Å². The van der Waals surface area contributed by atoms with E-state index in [0.29, 0.717) is 19.5 Å². The van der Waals surface area contributed by atoms with E-state index in [0.717, 1.165) is 16.7 Å². The highest BCUT2D eigenvalue weighted by Crippen LogP contribution is 2.25. The van der Waals surface area contributed by atoms with E-state index in [-0.39, 0.29) is 0 Å². The second-order valence-electron chi connectivity index (χ2n) is 5.60. The zero-order valence-electron chi connectivity index (χ0n) is 12.0. The Morgan fingerprint density at radius 1 is 1.33 bits per heavy atom. The number of nitrogens with zero attached hydrogens (tertiary/aromatic N) is 2. The number of carboxylic acids is 1. The number of carboxylic acid groups (broad SMARTS) is 1. The van der Waals surface area contributed by atoms with Gasteiger partial charge in [-0.2, -0.15) is 0 Å². The summed E-state index contributed by atoms with van der Waals surface area (Å²) in [6.45, 7) is 3.28. The Balaban J connectivity index is 1.87. The Hall–Kier alpha value is -2.20. The van der Waals surface area contributed by atoms with Crippen LogP contribution in [0.1, 0.15) is 22.3 Å². The number of aromatic nitrogens is 1. The monoisotopic (exact) mass is 282 g/mol. The van der Waals surface area contributed by atoms with Gasteiger partial charge in [-0.3, -0.25) is 14.7 Å². The molecule has 4 heteroatoms. The van der Waals surface area contributed by atoms with Crippen molar-refractivity contribution in [2.75, 3.05) is 0 Å². The van der Waals surface area contributed by atoms with E-state index in [1.807, 2.05) is 42.4 Å². The molecule has 0 amide bonds. The molecule has 1 aromatic carbocycles. The van der Waals surface area contributed by atoms with E-state index in [9.17, 15) is 9.90 Å². The molecule has 0 spiro atoms. The molecule has 0 radical (unpaired) electrons. The number of hydrogen-bond acceptors (Lipinski definition) is 3. The zero-order chi connectivity index (χ0) is 14.8. The molecule has 21 heavy (non-hydrogen) atoms. The van der Waals surface area contributed by atoms with E-state index in [1.54, 1.807) is 0 Å². The minimum atomic E-state index is -0.759. The van der Waals surface area contributed by atoms with Crippen molar-refractivity contribution in [1.29, 1.82) is 0 Å². The van der Waals surface area contributed by atoms with Crippen molar-refractivity contribution in [2.24, 2.45) is 0 Å². The Bertz CT molecular complexity index is 669. The quantitative estimate of drug-likeness (QED) is 0.939. The summed E-state index contributed by atoms with van der Waals surface area (Å²) in [6, 6.07) is 9.67. The second-order valence-corrected chi connectivity index (χ2v) is 5.60. The molecule has 0 unspecified atom stereocenters. The maximum atomic E-state index is 11.6. The standard InChI is InChI=1S/C17H18N2O2/c1-12-6-13(9-18-8-12)10-19-11-15-5-3-2-4-14(15)7-16(19)17(20)21/h2-6,8-9,16H,7,10-11H2,1H3,(H,20,21)/t16-/m0/s1. The Morgan fingerprint density at radius 3 is 2.81 bits per heavy atom. The molecule has 0 saturated heterocycles. The summed E-state index contributed by atoms with van der Waals surface area (Å²) >= 11 is 0. The maximum absolute atomic E-state index is 11.6. The number of pyridine rings is 1. The minimum absolute atomic E-state index is 0.472. The van der Waals surface area contributed by atoms with E-state index in [4.69, 9.17) is 0 Å². The van der Waals surface area contributed by atoms with Crippen molar-refractivity contribution in [2.45, 2.75) is 32.5 Å². The van der Waals surface area contributed by atoms with E-state index >= 15 is 0 Å². The first-order chi connectivity index (χ1) is 10.1. The number of carbonyl (C=O) groups is 1. The van der Waals surface area contributed by atoms with Crippen LogP contribution in [-0.4, -0.2) is 27.0 Å². The summed E-state index contributed by atoms with van der Waals surface area (Å²) in [5.74, 6) is -0.759. The predicted octanol–water partition coefficient (Wildman–Crippen LogP) is 2.40. The molecule has 0 aliphatic carbocycles. The van der Waals surface area contributed by atoms with Gasteiger partial charge in [-0.15, -0.1) is 0 Å². The molecule has 1 atom stereocenters. The zero-order valence-corrected chi connectivity index (χ0v) is 12.0. The largest absolute Gasteiger partial charge is 0.480 e. The third kappa shape index (κ3) is 2.95. The van der Waals surface area contributed by atoms with Crippen LogP contribution >= 0.6 is 0 Å². The summed E-state index contributed by atoms with van der Waals surface area (Å²) in [5, 5.41) is 9.51. The van der Waals surface area contributed by atoms with Crippen LogP contribution in [0.3, 0.4) is 0 Å². The summed E-state index contributed by atoms with van der Waals surface area (Å²) in [4.78, 5) is 17.8. The highest BCUT2D eigenvalue weighted by atomic mass is 16.4. The first-order valence-corrected chi connectivity index (χ1v) is 7.07. The minimum Gasteiger partial charge on any atom is -0.480 e. The molecule has 1 aliphatic heterocycles. The van der Waals surface area contributed by atoms with Crippen molar-refractivity contribution < 1.29 is 9.90 Å². The Kier molecular flexibility index (Phi) is 3.71. The van der Waals surface area contributed by atoms with Crippen molar-refractivity contribution in [3.05, 3.63) is 65.0 Å². The molecule has 1 aliphatic rings. The van der Waals surface area contributed by atoms with Gasteiger partial charge in [0.1, 0.15) is 6.04 Å². The molecule has 0 saturated carbocycles. The summed E-state index contributed by atoms with van der Waals surface area (Å²) in [7, 11) is 0. The van der Waals surface area contributed by atoms with Crippen LogP contribution < -0.4 is 0 Å². The van der Waals surface area contributed by atoms with Gasteiger partial charge < -0.3 is 5.11 Å². The lowest BCUT2D eigenvalue weighted by Gasteiger charge is -2.34. The van der Waals surface area contributed by atoms with Crippen molar-refractivity contribution >= 4 is 5.97 Å². The molecule has 0 bridgehead atoms. The van der Waals surface area contributed by atoms with Crippen LogP contribution in [-0.2, 0) is 24.3 Å². The Labute approximate surface area is 124 Å². The van der Waals surface area contributed by atoms with Gasteiger partial charge in [0, 0.05) is 25.5 Å². The molecule has 2 heterocycles. The lowest BCUT2D eigenvalue weighted by atomic mass is 9.93. The first-order valence-electron chi connectivity index (χ1n) is 7.07. The predicted molar refractivity (Wildman–Crippen MR) is 79.8 cm³/mol. The number of fused-ring (bicyclic) bond motifs is 1. The molecule has 2 aromatic rings. The fourth-order valence-corrected chi connectivity index (χ4v) is 2.93. The van der Waals surface area contributed by atoms with Gasteiger partial charge in [0.05, 0.1) is 0 Å². The van der Waals surface area contributed by atoms with Crippen molar-refractivity contribution in [3.8, 4) is 0 Å². The van der Waals surface area contributed by atoms with E-state index in [1.165, 1.54) is 5.56 Å². The number of rotatable bonds is 3. The van der Waals surface area contributed by atoms with Crippen LogP contribution in [0.25, 0.3) is 0 Å². The second kappa shape index (κ2) is 5.66. The van der Waals surface area contributed by atoms with Gasteiger partial charge >= 0.3 is 5.97 Å². The van der Waals surface area contributed by atoms with Gasteiger partial charge in [0.25, 0.3) is 0 Å². The van der Waals surface area contributed by atoms with E-state index in [2.05, 4.69) is 17.1 Å². The maximum Gasteiger partial charge on any atom is 0.321 e. The molecule has 1 N–H and O–H groups in total. The fourth-order valence-electron chi connectivity index (χ4n) is 2.93. The summed E-state index contributed by atoms with van der Waals surface area (Å²) < 4.78 is 0. The number of benzene rings is 1. The average molecular weight is 282 g/mol. The topological polar surface area (TPSA) is 53.4 Å². The first kappa shape index (κ1) is 13.8. The molecular weight excluding hydrogens is 264 g/mol. The molecule has 1 aromatic heterocycles. The van der Waals surface area contributed by atoms with Gasteiger partial charge in [0.2, 0.25) is 0 Å². The lowest BCUT2D eigenvalue weighted by molar-refractivity contribution is -0.144. The normalized spacial score (nSPS) is 18.2. The highest BCUT2D eigenvalue weighted by Gasteiger charge is 2.31. The number of hydrogen-bond donors (Lipinski definition) is 1. The van der Waals surface area contributed by atoms with Gasteiger partial charge in [-0.25, -0.2) is 0 Å². The summed E-state index contributed by atoms with van der Waals surface area (Å²) in [5.41, 5.74) is 4.51. The third-order valence-corrected chi connectivity index (χ3v) is 3.95. The smallest absolute Gasteiger partial charge is 0.321 e. The van der Waals surface area contributed by atoms with Crippen LogP contribution in [0.2, 0.25) is 0 Å². The fraction of sp³-hybridized carbons (Fsp3) is 0.294.